The fourth-order valence-corrected chi connectivity index (χ4v) is 3.41. The van der Waals surface area contributed by atoms with E-state index in [4.69, 9.17) is 11.6 Å². The zero-order valence-corrected chi connectivity index (χ0v) is 14.9. The largest absolute Gasteiger partial charge is 0.319 e. The number of carbonyl (C=O) groups is 1. The van der Waals surface area contributed by atoms with Crippen molar-refractivity contribution in [1.82, 2.24) is 4.90 Å². The first kappa shape index (κ1) is 18.4. The van der Waals surface area contributed by atoms with Crippen LogP contribution < -0.4 is 5.32 Å². The number of likely N-dealkylation sites (N-methyl/N-ethyl adjacent to an activating group) is 1. The number of para-hydroxylation sites is 2. The third-order valence-electron chi connectivity index (χ3n) is 3.68. The molecule has 0 aliphatic heterocycles. The Hall–Kier alpha value is -1.96. The van der Waals surface area contributed by atoms with E-state index in [-0.39, 0.29) is 17.3 Å². The van der Waals surface area contributed by atoms with Crippen LogP contribution in [0.25, 0.3) is 0 Å². The first-order valence-corrected chi connectivity index (χ1v) is 8.64. The molecule has 2 rings (SSSR count). The van der Waals surface area contributed by atoms with E-state index >= 15 is 0 Å². The molecule has 2 aromatic rings. The van der Waals surface area contributed by atoms with Crippen LogP contribution >= 0.6 is 22.9 Å². The molecular weight excluding hydrogens is 350 g/mol. The lowest BCUT2D eigenvalue weighted by Gasteiger charge is -2.26. The van der Waals surface area contributed by atoms with Crippen molar-refractivity contribution in [3.63, 3.8) is 0 Å². The Kier molecular flexibility index (Phi) is 6.30. The molecule has 0 radical (unpaired) electrons. The van der Waals surface area contributed by atoms with Gasteiger partial charge in [0.2, 0.25) is 5.91 Å². The number of hydrogen-bond acceptors (Lipinski definition) is 5. The van der Waals surface area contributed by atoms with Crippen LogP contribution in [0.3, 0.4) is 0 Å². The number of nitrogens with zero attached hydrogens (tertiary/aromatic N) is 2. The fraction of sp³-hybridized carbons (Fsp3) is 0.312. The molecule has 1 atom stereocenters. The number of amides is 1. The van der Waals surface area contributed by atoms with Crippen LogP contribution in [-0.2, 0) is 11.3 Å². The molecule has 6 nitrogen and oxygen atoms in total. The SMILES string of the molecule is CCN(Cc1ccc(Cl)s1)C(C)C(=O)Nc1ccccc1[N+](=O)[O-]. The van der Waals surface area contributed by atoms with Crippen LogP contribution in [0.2, 0.25) is 4.34 Å². The molecular formula is C16H18ClN3O3S. The quantitative estimate of drug-likeness (QED) is 0.589. The first-order valence-electron chi connectivity index (χ1n) is 7.45. The van der Waals surface area contributed by atoms with Gasteiger partial charge in [-0.15, -0.1) is 11.3 Å². The normalized spacial score (nSPS) is 12.2. The summed E-state index contributed by atoms with van der Waals surface area (Å²) >= 11 is 7.41. The molecule has 1 aromatic carbocycles. The van der Waals surface area contributed by atoms with Crippen molar-refractivity contribution in [3.05, 3.63) is 55.7 Å². The van der Waals surface area contributed by atoms with Gasteiger partial charge in [-0.2, -0.15) is 0 Å². The van der Waals surface area contributed by atoms with Gasteiger partial charge in [-0.05, 0) is 31.7 Å². The van der Waals surface area contributed by atoms with Crippen LogP contribution in [0.15, 0.2) is 36.4 Å². The van der Waals surface area contributed by atoms with Gasteiger partial charge in [-0.3, -0.25) is 19.8 Å². The van der Waals surface area contributed by atoms with Gasteiger partial charge in [0.15, 0.2) is 0 Å². The lowest BCUT2D eigenvalue weighted by molar-refractivity contribution is -0.383. The number of rotatable bonds is 7. The molecule has 0 aliphatic carbocycles. The zero-order chi connectivity index (χ0) is 17.7. The molecule has 0 fully saturated rings. The summed E-state index contributed by atoms with van der Waals surface area (Å²) in [6.07, 6.45) is 0. The minimum Gasteiger partial charge on any atom is -0.319 e. The first-order chi connectivity index (χ1) is 11.4. The number of nitro groups is 1. The molecule has 0 bridgehead atoms. The summed E-state index contributed by atoms with van der Waals surface area (Å²) in [5.41, 5.74) is 0.0840. The second-order valence-corrected chi connectivity index (χ2v) is 7.01. The van der Waals surface area contributed by atoms with Gasteiger partial charge in [0, 0.05) is 17.5 Å². The van der Waals surface area contributed by atoms with E-state index in [1.807, 2.05) is 24.0 Å². The maximum atomic E-state index is 12.5. The molecule has 24 heavy (non-hydrogen) atoms. The summed E-state index contributed by atoms with van der Waals surface area (Å²) in [7, 11) is 0. The van der Waals surface area contributed by atoms with Gasteiger partial charge in [0.25, 0.3) is 5.69 Å². The number of carbonyl (C=O) groups excluding carboxylic acids is 1. The lowest BCUT2D eigenvalue weighted by Crippen LogP contribution is -2.41. The summed E-state index contributed by atoms with van der Waals surface area (Å²) in [5.74, 6) is -0.284. The van der Waals surface area contributed by atoms with Crippen molar-refractivity contribution in [2.45, 2.75) is 26.4 Å². The smallest absolute Gasteiger partial charge is 0.292 e. The number of nitro benzene ring substituents is 1. The number of thiophene rings is 1. The summed E-state index contributed by atoms with van der Waals surface area (Å²) < 4.78 is 0.707. The van der Waals surface area contributed by atoms with E-state index in [9.17, 15) is 14.9 Å². The third-order valence-corrected chi connectivity index (χ3v) is 4.90. The average Bonchev–Trinajstić information content (AvgIpc) is 2.97. The second kappa shape index (κ2) is 8.23. The fourth-order valence-electron chi connectivity index (χ4n) is 2.30. The van der Waals surface area contributed by atoms with Crippen molar-refractivity contribution < 1.29 is 9.72 Å². The number of nitrogens with one attached hydrogen (secondary N) is 1. The van der Waals surface area contributed by atoms with Crippen LogP contribution in [0.5, 0.6) is 0 Å². The van der Waals surface area contributed by atoms with E-state index in [1.54, 1.807) is 19.1 Å². The topological polar surface area (TPSA) is 75.5 Å². The van der Waals surface area contributed by atoms with Crippen molar-refractivity contribution in [1.29, 1.82) is 0 Å². The highest BCUT2D eigenvalue weighted by atomic mass is 35.5. The lowest BCUT2D eigenvalue weighted by atomic mass is 10.2. The molecule has 1 aromatic heterocycles. The Morgan fingerprint density at radius 3 is 2.67 bits per heavy atom. The highest BCUT2D eigenvalue weighted by molar-refractivity contribution is 7.16. The molecule has 1 N–H and O–H groups in total. The van der Waals surface area contributed by atoms with Gasteiger partial charge in [0.1, 0.15) is 5.69 Å². The van der Waals surface area contributed by atoms with E-state index in [2.05, 4.69) is 5.32 Å². The Bertz CT molecular complexity index is 735. The third kappa shape index (κ3) is 4.53. The molecule has 1 unspecified atom stereocenters. The number of hydrogen-bond donors (Lipinski definition) is 1. The summed E-state index contributed by atoms with van der Waals surface area (Å²) in [6.45, 7) is 5.01. The number of benzene rings is 1. The van der Waals surface area contributed by atoms with Gasteiger partial charge in [0.05, 0.1) is 15.3 Å². The number of anilines is 1. The van der Waals surface area contributed by atoms with Crippen LogP contribution in [-0.4, -0.2) is 28.3 Å². The standard InChI is InChI=1S/C16H18ClN3O3S/c1-3-19(10-12-8-9-15(17)24-12)11(2)16(21)18-13-6-4-5-7-14(13)20(22)23/h4-9,11H,3,10H2,1-2H3,(H,18,21). The van der Waals surface area contributed by atoms with E-state index < -0.39 is 11.0 Å². The minimum absolute atomic E-state index is 0.119. The van der Waals surface area contributed by atoms with Crippen LogP contribution in [0, 0.1) is 10.1 Å². The summed E-state index contributed by atoms with van der Waals surface area (Å²) in [5, 5.41) is 13.7. The molecule has 0 spiro atoms. The predicted octanol–water partition coefficient (Wildman–Crippen LogP) is 4.16. The van der Waals surface area contributed by atoms with E-state index in [0.29, 0.717) is 17.4 Å². The van der Waals surface area contributed by atoms with Crippen LogP contribution in [0.1, 0.15) is 18.7 Å². The van der Waals surface area contributed by atoms with Gasteiger partial charge < -0.3 is 5.32 Å². The van der Waals surface area contributed by atoms with Crippen molar-refractivity contribution in [3.8, 4) is 0 Å². The van der Waals surface area contributed by atoms with Crippen molar-refractivity contribution in [2.24, 2.45) is 0 Å². The van der Waals surface area contributed by atoms with Gasteiger partial charge in [-0.25, -0.2) is 0 Å². The Morgan fingerprint density at radius 2 is 2.08 bits per heavy atom. The molecule has 0 saturated carbocycles. The van der Waals surface area contributed by atoms with Gasteiger partial charge >= 0.3 is 0 Å². The number of halogens is 1. The molecule has 1 heterocycles. The maximum Gasteiger partial charge on any atom is 0.292 e. The zero-order valence-electron chi connectivity index (χ0n) is 13.4. The molecule has 0 saturated heterocycles. The highest BCUT2D eigenvalue weighted by Crippen LogP contribution is 2.25. The van der Waals surface area contributed by atoms with Crippen molar-refractivity contribution >= 4 is 40.2 Å². The average molecular weight is 368 g/mol. The van der Waals surface area contributed by atoms with Crippen LogP contribution in [0.4, 0.5) is 11.4 Å². The van der Waals surface area contributed by atoms with E-state index in [0.717, 1.165) is 4.88 Å². The Labute approximate surface area is 149 Å². The Balaban J connectivity index is 2.09. The summed E-state index contributed by atoms with van der Waals surface area (Å²) in [6, 6.07) is 9.43. The molecule has 128 valence electrons. The van der Waals surface area contributed by atoms with Gasteiger partial charge in [-0.1, -0.05) is 30.7 Å². The molecule has 0 aliphatic rings. The minimum atomic E-state index is -0.508. The Morgan fingerprint density at radius 1 is 1.38 bits per heavy atom. The van der Waals surface area contributed by atoms with E-state index in [1.165, 1.54) is 23.5 Å². The second-order valence-electron chi connectivity index (χ2n) is 5.21. The maximum absolute atomic E-state index is 12.5. The molecule has 8 heteroatoms. The van der Waals surface area contributed by atoms with Crippen molar-refractivity contribution in [2.75, 3.05) is 11.9 Å². The highest BCUT2D eigenvalue weighted by Gasteiger charge is 2.23. The summed E-state index contributed by atoms with van der Waals surface area (Å²) in [4.78, 5) is 26.1. The monoisotopic (exact) mass is 367 g/mol. The molecule has 1 amide bonds. The predicted molar refractivity (Wildman–Crippen MR) is 96.6 cm³/mol.